The molecule has 2 saturated heterocycles. The lowest BCUT2D eigenvalue weighted by Gasteiger charge is -2.65. The van der Waals surface area contributed by atoms with Gasteiger partial charge in [-0.25, -0.2) is 4.79 Å². The average molecular weight is 713 g/mol. The van der Waals surface area contributed by atoms with E-state index in [0.717, 1.165) is 11.9 Å². The van der Waals surface area contributed by atoms with E-state index in [2.05, 4.69) is 6.92 Å². The van der Waals surface area contributed by atoms with Gasteiger partial charge in [-0.2, -0.15) is 0 Å². The van der Waals surface area contributed by atoms with Gasteiger partial charge in [-0.05, 0) is 81.6 Å². The fourth-order valence-electron chi connectivity index (χ4n) is 11.2. The number of hydrogen-bond acceptors (Lipinski definition) is 15. The minimum atomic E-state index is -1.69. The van der Waals surface area contributed by atoms with Crippen molar-refractivity contribution < 1.29 is 74.1 Å². The summed E-state index contributed by atoms with van der Waals surface area (Å²) in [5.41, 5.74) is -3.28. The first-order valence-corrected chi connectivity index (χ1v) is 18.0. The smallest absolute Gasteiger partial charge is 0.331 e. The van der Waals surface area contributed by atoms with Crippen molar-refractivity contribution in [1.82, 2.24) is 0 Å². The Morgan fingerprint density at radius 1 is 0.860 bits per heavy atom. The molecule has 282 valence electrons. The topological polar surface area (TPSA) is 242 Å². The Kier molecular flexibility index (Phi) is 9.60. The minimum Gasteiger partial charge on any atom is -0.458 e. The van der Waals surface area contributed by atoms with Crippen LogP contribution in [0.1, 0.15) is 71.6 Å². The molecule has 0 aromatic rings. The fraction of sp³-hybridized carbons (Fsp3) is 0.886. The van der Waals surface area contributed by atoms with Crippen LogP contribution in [0.2, 0.25) is 0 Å². The van der Waals surface area contributed by atoms with E-state index >= 15 is 0 Å². The molecule has 0 amide bonds. The lowest BCUT2D eigenvalue weighted by Crippen LogP contribution is -2.69. The van der Waals surface area contributed by atoms with E-state index in [1.807, 2.05) is 0 Å². The molecule has 0 aromatic carbocycles. The van der Waals surface area contributed by atoms with Gasteiger partial charge in [0.05, 0.1) is 35.4 Å². The summed E-state index contributed by atoms with van der Waals surface area (Å²) in [5.74, 6) is -0.874. The van der Waals surface area contributed by atoms with Crippen LogP contribution < -0.4 is 0 Å². The largest absolute Gasteiger partial charge is 0.458 e. The van der Waals surface area contributed by atoms with Crippen LogP contribution in [0.5, 0.6) is 0 Å². The van der Waals surface area contributed by atoms with E-state index in [-0.39, 0.29) is 49.6 Å². The molecule has 3 heterocycles. The van der Waals surface area contributed by atoms with Crippen LogP contribution in [-0.2, 0) is 33.3 Å². The van der Waals surface area contributed by atoms with Gasteiger partial charge in [-0.15, -0.1) is 0 Å². The molecule has 7 rings (SSSR count). The van der Waals surface area contributed by atoms with Crippen molar-refractivity contribution in [3.05, 3.63) is 11.6 Å². The highest BCUT2D eigenvalue weighted by molar-refractivity contribution is 5.85. The molecule has 0 aromatic heterocycles. The van der Waals surface area contributed by atoms with Crippen LogP contribution in [-0.4, -0.2) is 145 Å². The standard InChI is InChI=1S/C35H52O15/c1-16-24(39)25(40)27(42)30(47-16)50-29-22(13-36)49-31(28(43)26(29)41)48-18-3-8-33(15-37)20-4-7-32(2)19(17-11-23(38)46-14-17)6-10-35(32,45)21(20)5-9-34(33,44)12-18/h11,15-16,18-22,24-31,36,39-45H,3-10,12-14H2,1-2H3. The Morgan fingerprint density at radius 3 is 2.24 bits per heavy atom. The Labute approximate surface area is 290 Å². The number of rotatable bonds is 7. The molecular formula is C35H52O15. The second-order valence-electron chi connectivity index (χ2n) is 16.2. The number of ether oxygens (including phenoxy) is 5. The maximum Gasteiger partial charge on any atom is 0.331 e. The lowest BCUT2D eigenvalue weighted by molar-refractivity contribution is -0.363. The molecule has 15 nitrogen and oxygen atoms in total. The van der Waals surface area contributed by atoms with Gasteiger partial charge in [0.25, 0.3) is 0 Å². The zero-order valence-electron chi connectivity index (χ0n) is 28.5. The molecule has 18 unspecified atom stereocenters. The predicted octanol–water partition coefficient (Wildman–Crippen LogP) is -1.43. The highest BCUT2D eigenvalue weighted by Crippen LogP contribution is 2.70. The van der Waals surface area contributed by atoms with E-state index in [1.54, 1.807) is 6.08 Å². The highest BCUT2D eigenvalue weighted by Gasteiger charge is 2.71. The maximum absolute atomic E-state index is 13.2. The van der Waals surface area contributed by atoms with Crippen molar-refractivity contribution in [2.45, 2.75) is 150 Å². The summed E-state index contributed by atoms with van der Waals surface area (Å²) in [4.78, 5) is 25.1. The third kappa shape index (κ3) is 5.37. The van der Waals surface area contributed by atoms with Crippen LogP contribution in [0.25, 0.3) is 0 Å². The molecule has 0 bridgehead atoms. The highest BCUT2D eigenvalue weighted by atomic mass is 16.7. The first kappa shape index (κ1) is 36.7. The lowest BCUT2D eigenvalue weighted by atomic mass is 9.41. The van der Waals surface area contributed by atoms with Crippen molar-refractivity contribution >= 4 is 12.3 Å². The number of hydrogen-bond donors (Lipinski definition) is 8. The monoisotopic (exact) mass is 712 g/mol. The molecule has 3 aliphatic heterocycles. The first-order chi connectivity index (χ1) is 23.6. The third-order valence-electron chi connectivity index (χ3n) is 14.1. The zero-order valence-corrected chi connectivity index (χ0v) is 28.5. The quantitative estimate of drug-likeness (QED) is 0.0858. The van der Waals surface area contributed by atoms with Gasteiger partial charge in [0.15, 0.2) is 12.6 Å². The number of aliphatic hydroxyl groups excluding tert-OH is 6. The summed E-state index contributed by atoms with van der Waals surface area (Å²) in [6.45, 7) is 3.11. The molecule has 0 radical (unpaired) electrons. The molecule has 15 heteroatoms. The van der Waals surface area contributed by atoms with Gasteiger partial charge in [0.1, 0.15) is 55.6 Å². The van der Waals surface area contributed by atoms with Gasteiger partial charge in [-0.3, -0.25) is 0 Å². The van der Waals surface area contributed by atoms with Gasteiger partial charge in [0.2, 0.25) is 0 Å². The number of aliphatic hydroxyl groups is 8. The van der Waals surface area contributed by atoms with Gasteiger partial charge >= 0.3 is 5.97 Å². The summed E-state index contributed by atoms with van der Waals surface area (Å²) in [6.07, 6.45) is -8.96. The molecular weight excluding hydrogens is 660 g/mol. The second-order valence-corrected chi connectivity index (χ2v) is 16.2. The van der Waals surface area contributed by atoms with E-state index in [9.17, 15) is 50.4 Å². The third-order valence-corrected chi connectivity index (χ3v) is 14.1. The molecule has 18 atom stereocenters. The Hall–Kier alpha value is -1.60. The van der Waals surface area contributed by atoms with Crippen molar-refractivity contribution in [2.75, 3.05) is 13.2 Å². The van der Waals surface area contributed by atoms with Crippen molar-refractivity contribution in [3.8, 4) is 0 Å². The minimum absolute atomic E-state index is 0.00893. The normalized spacial score (nSPS) is 55.0. The number of fused-ring (bicyclic) bond motifs is 5. The molecule has 8 N–H and O–H groups in total. The SMILES string of the molecule is CC1OC(OC2C(CO)OC(OC3CCC4(C=O)C5CCC6(C)C(C7=CC(=O)OC7)CCC6(O)C5CCC4(O)C3)C(O)C2O)C(O)C(O)C1O. The number of aldehydes is 1. The Balaban J connectivity index is 1.04. The number of carbonyl (C=O) groups is 2. The predicted molar refractivity (Wildman–Crippen MR) is 167 cm³/mol. The van der Waals surface area contributed by atoms with Crippen LogP contribution >= 0.6 is 0 Å². The second kappa shape index (κ2) is 13.1. The molecule has 0 spiro atoms. The molecule has 50 heavy (non-hydrogen) atoms. The van der Waals surface area contributed by atoms with E-state index in [1.165, 1.54) is 6.92 Å². The first-order valence-electron chi connectivity index (χ1n) is 18.0. The molecule has 7 aliphatic rings. The Bertz CT molecular complexity index is 1340. The summed E-state index contributed by atoms with van der Waals surface area (Å²) in [5, 5.41) is 87.6. The zero-order chi connectivity index (χ0) is 36.0. The van der Waals surface area contributed by atoms with Crippen molar-refractivity contribution in [2.24, 2.45) is 28.6 Å². The van der Waals surface area contributed by atoms with Crippen LogP contribution in [0, 0.1) is 28.6 Å². The summed E-state index contributed by atoms with van der Waals surface area (Å²) in [7, 11) is 0. The van der Waals surface area contributed by atoms with Gasteiger partial charge < -0.3 is 69.3 Å². The average Bonchev–Trinajstić information content (AvgIpc) is 3.64. The van der Waals surface area contributed by atoms with Crippen LogP contribution in [0.3, 0.4) is 0 Å². The van der Waals surface area contributed by atoms with E-state index < -0.39 is 96.2 Å². The number of esters is 1. The fourth-order valence-corrected chi connectivity index (χ4v) is 11.2. The van der Waals surface area contributed by atoms with Crippen molar-refractivity contribution in [1.29, 1.82) is 0 Å². The molecule has 4 aliphatic carbocycles. The van der Waals surface area contributed by atoms with Crippen molar-refractivity contribution in [3.63, 3.8) is 0 Å². The summed E-state index contributed by atoms with van der Waals surface area (Å²) >= 11 is 0. The summed E-state index contributed by atoms with van der Waals surface area (Å²) < 4.78 is 28.4. The summed E-state index contributed by atoms with van der Waals surface area (Å²) in [6, 6.07) is 0. The number of cyclic esters (lactones) is 1. The van der Waals surface area contributed by atoms with Crippen LogP contribution in [0.15, 0.2) is 11.6 Å². The number of carbonyl (C=O) groups excluding carboxylic acids is 2. The van der Waals surface area contributed by atoms with E-state index in [4.69, 9.17) is 23.7 Å². The van der Waals surface area contributed by atoms with Crippen LogP contribution in [0.4, 0.5) is 0 Å². The Morgan fingerprint density at radius 2 is 1.56 bits per heavy atom. The van der Waals surface area contributed by atoms with Gasteiger partial charge in [-0.1, -0.05) is 6.92 Å². The molecule has 6 fully saturated rings. The van der Waals surface area contributed by atoms with Gasteiger partial charge in [0, 0.05) is 17.9 Å². The molecule has 4 saturated carbocycles. The van der Waals surface area contributed by atoms with E-state index in [0.29, 0.717) is 38.5 Å². The maximum atomic E-state index is 13.2.